The van der Waals surface area contributed by atoms with Crippen LogP contribution in [0.15, 0.2) is 42.6 Å². The fourth-order valence-electron chi connectivity index (χ4n) is 2.06. The third-order valence-corrected chi connectivity index (χ3v) is 3.10. The predicted molar refractivity (Wildman–Crippen MR) is 70.1 cm³/mol. The normalized spacial score (nSPS) is 18.5. The molecule has 1 unspecified atom stereocenters. The average molecular weight is 276 g/mol. The highest BCUT2D eigenvalue weighted by Crippen LogP contribution is 2.31. The molecule has 6 heteroatoms. The van der Waals surface area contributed by atoms with Crippen molar-refractivity contribution in [3.8, 4) is 0 Å². The van der Waals surface area contributed by atoms with Crippen molar-refractivity contribution >= 4 is 23.5 Å². The van der Waals surface area contributed by atoms with Crippen LogP contribution in [0.2, 0.25) is 5.28 Å². The summed E-state index contributed by atoms with van der Waals surface area (Å²) in [5, 5.41) is 0.101. The zero-order chi connectivity index (χ0) is 13.2. The van der Waals surface area contributed by atoms with Gasteiger partial charge in [-0.1, -0.05) is 30.3 Å². The highest BCUT2D eigenvalue weighted by atomic mass is 35.5. The van der Waals surface area contributed by atoms with Gasteiger partial charge < -0.3 is 4.74 Å². The van der Waals surface area contributed by atoms with E-state index in [-0.39, 0.29) is 11.3 Å². The van der Waals surface area contributed by atoms with E-state index in [9.17, 15) is 4.79 Å². The van der Waals surface area contributed by atoms with Crippen molar-refractivity contribution in [1.29, 1.82) is 0 Å². The number of benzene rings is 1. The summed E-state index contributed by atoms with van der Waals surface area (Å²) in [4.78, 5) is 21.2. The minimum absolute atomic E-state index is 0.101. The van der Waals surface area contributed by atoms with Gasteiger partial charge in [0.15, 0.2) is 0 Å². The first-order chi connectivity index (χ1) is 9.25. The average Bonchev–Trinajstić information content (AvgIpc) is 2.82. The van der Waals surface area contributed by atoms with Gasteiger partial charge in [-0.3, -0.25) is 4.90 Å². The van der Waals surface area contributed by atoms with Crippen LogP contribution in [0.5, 0.6) is 0 Å². The molecule has 0 radical (unpaired) electrons. The number of rotatable bonds is 2. The molecule has 3 rings (SSSR count). The summed E-state index contributed by atoms with van der Waals surface area (Å²) in [7, 11) is 0. The molecule has 5 nitrogen and oxygen atoms in total. The van der Waals surface area contributed by atoms with Gasteiger partial charge in [0.2, 0.25) is 5.28 Å². The number of cyclic esters (lactones) is 1. The second-order valence-corrected chi connectivity index (χ2v) is 4.40. The number of aromatic nitrogens is 2. The Bertz CT molecular complexity index is 606. The molecule has 2 aromatic rings. The van der Waals surface area contributed by atoms with Gasteiger partial charge in [0.25, 0.3) is 0 Å². The summed E-state index contributed by atoms with van der Waals surface area (Å²) in [5.41, 5.74) is 0.989. The van der Waals surface area contributed by atoms with Gasteiger partial charge in [0, 0.05) is 6.20 Å². The van der Waals surface area contributed by atoms with E-state index >= 15 is 0 Å². The highest BCUT2D eigenvalue weighted by molar-refractivity contribution is 6.28. The summed E-state index contributed by atoms with van der Waals surface area (Å²) in [6.45, 7) is 0.296. The minimum Gasteiger partial charge on any atom is -0.447 e. The Balaban J connectivity index is 2.00. The molecule has 1 aromatic heterocycles. The zero-order valence-corrected chi connectivity index (χ0v) is 10.6. The maximum atomic E-state index is 11.9. The lowest BCUT2D eigenvalue weighted by atomic mass is 10.1. The molecule has 96 valence electrons. The largest absolute Gasteiger partial charge is 0.447 e. The van der Waals surface area contributed by atoms with Crippen LogP contribution in [0.1, 0.15) is 11.6 Å². The predicted octanol–water partition coefficient (Wildman–Crippen LogP) is 2.83. The molecule has 0 saturated carbocycles. The van der Waals surface area contributed by atoms with Crippen molar-refractivity contribution in [3.05, 3.63) is 53.4 Å². The van der Waals surface area contributed by atoms with Crippen LogP contribution in [-0.4, -0.2) is 22.7 Å². The first-order valence-corrected chi connectivity index (χ1v) is 6.13. The molecule has 1 aromatic carbocycles. The van der Waals surface area contributed by atoms with Crippen LogP contribution >= 0.6 is 11.6 Å². The van der Waals surface area contributed by atoms with E-state index in [0.29, 0.717) is 12.4 Å². The van der Waals surface area contributed by atoms with Crippen LogP contribution in [0.4, 0.5) is 10.6 Å². The molecular weight excluding hydrogens is 266 g/mol. The van der Waals surface area contributed by atoms with Crippen molar-refractivity contribution in [1.82, 2.24) is 9.97 Å². The third-order valence-electron chi connectivity index (χ3n) is 2.92. The Morgan fingerprint density at radius 1 is 1.26 bits per heavy atom. The molecule has 1 fully saturated rings. The number of halogens is 1. The summed E-state index contributed by atoms with van der Waals surface area (Å²) < 4.78 is 5.11. The van der Waals surface area contributed by atoms with Gasteiger partial charge in [-0.2, -0.15) is 0 Å². The first kappa shape index (κ1) is 11.9. The summed E-state index contributed by atoms with van der Waals surface area (Å²) in [6.07, 6.45) is 1.09. The number of carbonyl (C=O) groups excluding carboxylic acids is 1. The molecule has 0 spiro atoms. The molecule has 1 aliphatic heterocycles. The van der Waals surface area contributed by atoms with Crippen LogP contribution < -0.4 is 4.90 Å². The van der Waals surface area contributed by atoms with Crippen LogP contribution in [-0.2, 0) is 4.74 Å². The van der Waals surface area contributed by atoms with E-state index in [2.05, 4.69) is 9.97 Å². The summed E-state index contributed by atoms with van der Waals surface area (Å²) >= 11 is 5.76. The van der Waals surface area contributed by atoms with E-state index in [1.807, 2.05) is 30.3 Å². The Morgan fingerprint density at radius 2 is 2.05 bits per heavy atom. The molecule has 2 heterocycles. The first-order valence-electron chi connectivity index (χ1n) is 5.75. The van der Waals surface area contributed by atoms with Gasteiger partial charge in [0.05, 0.1) is 0 Å². The number of ether oxygens (including phenoxy) is 1. The second kappa shape index (κ2) is 4.85. The van der Waals surface area contributed by atoms with Crippen molar-refractivity contribution in [2.24, 2.45) is 0 Å². The molecule has 19 heavy (non-hydrogen) atoms. The fraction of sp³-hybridized carbons (Fsp3) is 0.154. The maximum absolute atomic E-state index is 11.9. The lowest BCUT2D eigenvalue weighted by molar-refractivity contribution is 0.179. The fourth-order valence-corrected chi connectivity index (χ4v) is 2.20. The van der Waals surface area contributed by atoms with Crippen LogP contribution in [0.25, 0.3) is 0 Å². The summed E-state index contributed by atoms with van der Waals surface area (Å²) in [6, 6.07) is 11.1. The quantitative estimate of drug-likeness (QED) is 0.791. The SMILES string of the molecule is O=C1OCC(c2ccccc2)N1c1ccnc(Cl)n1. The second-order valence-electron chi connectivity index (χ2n) is 4.06. The zero-order valence-electron chi connectivity index (χ0n) is 9.86. The monoisotopic (exact) mass is 275 g/mol. The highest BCUT2D eigenvalue weighted by Gasteiger charge is 2.36. The number of carbonyl (C=O) groups is 1. The van der Waals surface area contributed by atoms with E-state index in [1.54, 1.807) is 6.07 Å². The smallest absolute Gasteiger partial charge is 0.416 e. The van der Waals surface area contributed by atoms with Crippen molar-refractivity contribution in [2.45, 2.75) is 6.04 Å². The molecule has 1 atom stereocenters. The standard InChI is InChI=1S/C13H10ClN3O2/c14-12-15-7-6-11(16-12)17-10(8-19-13(17)18)9-4-2-1-3-5-9/h1-7,10H,8H2. The van der Waals surface area contributed by atoms with E-state index in [0.717, 1.165) is 5.56 Å². The van der Waals surface area contributed by atoms with Crippen molar-refractivity contribution < 1.29 is 9.53 Å². The Labute approximate surface area is 114 Å². The topological polar surface area (TPSA) is 55.3 Å². The van der Waals surface area contributed by atoms with E-state index in [4.69, 9.17) is 16.3 Å². The van der Waals surface area contributed by atoms with Crippen LogP contribution in [0.3, 0.4) is 0 Å². The van der Waals surface area contributed by atoms with Gasteiger partial charge in [-0.05, 0) is 23.2 Å². The van der Waals surface area contributed by atoms with Crippen molar-refractivity contribution in [3.63, 3.8) is 0 Å². The Kier molecular flexibility index (Phi) is 3.05. The number of amides is 1. The third kappa shape index (κ3) is 2.24. The van der Waals surface area contributed by atoms with Gasteiger partial charge in [0.1, 0.15) is 18.5 Å². The molecule has 1 amide bonds. The molecule has 1 aliphatic rings. The van der Waals surface area contributed by atoms with Gasteiger partial charge in [-0.15, -0.1) is 0 Å². The Hall–Kier alpha value is -2.14. The molecule has 0 bridgehead atoms. The maximum Gasteiger partial charge on any atom is 0.416 e. The molecule has 0 aliphatic carbocycles. The summed E-state index contributed by atoms with van der Waals surface area (Å²) in [5.74, 6) is 0.441. The number of hydrogen-bond acceptors (Lipinski definition) is 4. The lowest BCUT2D eigenvalue weighted by Crippen LogP contribution is -2.28. The lowest BCUT2D eigenvalue weighted by Gasteiger charge is -2.20. The van der Waals surface area contributed by atoms with Gasteiger partial charge in [-0.25, -0.2) is 14.8 Å². The molecular formula is C13H10ClN3O2. The van der Waals surface area contributed by atoms with E-state index < -0.39 is 6.09 Å². The van der Waals surface area contributed by atoms with Crippen molar-refractivity contribution in [2.75, 3.05) is 11.5 Å². The van der Waals surface area contributed by atoms with Crippen LogP contribution in [0, 0.1) is 0 Å². The van der Waals surface area contributed by atoms with Gasteiger partial charge >= 0.3 is 6.09 Å². The minimum atomic E-state index is -0.427. The molecule has 1 saturated heterocycles. The molecule has 0 N–H and O–H groups in total. The number of hydrogen-bond donors (Lipinski definition) is 0. The number of nitrogens with zero attached hydrogens (tertiary/aromatic N) is 3. The number of anilines is 1. The van der Waals surface area contributed by atoms with E-state index in [1.165, 1.54) is 11.1 Å². The Morgan fingerprint density at radius 3 is 2.79 bits per heavy atom.